The Bertz CT molecular complexity index is 1110. The molecule has 3 aromatic rings. The van der Waals surface area contributed by atoms with Gasteiger partial charge in [0, 0.05) is 22.6 Å². The second kappa shape index (κ2) is 6.05. The topological polar surface area (TPSA) is 84.2 Å². The summed E-state index contributed by atoms with van der Waals surface area (Å²) in [5, 5.41) is 0.487. The van der Waals surface area contributed by atoms with Crippen LogP contribution in [0.3, 0.4) is 0 Å². The molecular weight excluding hydrogens is 352 g/mol. The molecule has 0 spiro atoms. The van der Waals surface area contributed by atoms with Gasteiger partial charge in [-0.1, -0.05) is 0 Å². The van der Waals surface area contributed by atoms with E-state index in [1.807, 2.05) is 0 Å². The Hall–Kier alpha value is -3.48. The Labute approximate surface area is 154 Å². The molecule has 2 aromatic carbocycles. The SMILES string of the molecule is COc1cc2c(cc1OC)C(=O)c1c(oc3cc(OC)c(OC)cc13)C2=O. The molecule has 27 heavy (non-hydrogen) atoms. The number of methoxy groups -OCH3 is 4. The Morgan fingerprint density at radius 1 is 0.667 bits per heavy atom. The zero-order chi connectivity index (χ0) is 19.3. The standard InChI is InChI=1S/C20H16O7/c1-23-13-5-9-10(6-14(13)24-2)19(22)20-17(18(9)21)11-7-15(25-3)16(26-4)8-12(11)27-20/h5-8H,1-4H3. The fraction of sp³-hybridized carbons (Fsp3) is 0.200. The Balaban J connectivity index is 2.00. The van der Waals surface area contributed by atoms with Crippen LogP contribution in [0.1, 0.15) is 32.0 Å². The molecule has 1 aliphatic carbocycles. The Morgan fingerprint density at radius 3 is 1.70 bits per heavy atom. The van der Waals surface area contributed by atoms with Gasteiger partial charge >= 0.3 is 0 Å². The average Bonchev–Trinajstić information content (AvgIpc) is 3.08. The first-order valence-electron chi connectivity index (χ1n) is 8.08. The largest absolute Gasteiger partial charge is 0.493 e. The maximum absolute atomic E-state index is 13.2. The van der Waals surface area contributed by atoms with Crippen molar-refractivity contribution in [3.05, 3.63) is 46.7 Å². The molecule has 0 amide bonds. The highest BCUT2D eigenvalue weighted by atomic mass is 16.5. The number of fused-ring (bicyclic) bond motifs is 4. The Morgan fingerprint density at radius 2 is 1.15 bits per heavy atom. The van der Waals surface area contributed by atoms with Crippen LogP contribution in [0.4, 0.5) is 0 Å². The number of benzene rings is 2. The second-order valence-corrected chi connectivity index (χ2v) is 5.92. The van der Waals surface area contributed by atoms with Crippen molar-refractivity contribution in [1.29, 1.82) is 0 Å². The summed E-state index contributed by atoms with van der Waals surface area (Å²) in [6, 6.07) is 6.23. The number of rotatable bonds is 4. The van der Waals surface area contributed by atoms with E-state index in [0.29, 0.717) is 34.0 Å². The van der Waals surface area contributed by atoms with Gasteiger partial charge in [0.05, 0.1) is 34.0 Å². The highest BCUT2D eigenvalue weighted by molar-refractivity contribution is 6.31. The third-order valence-corrected chi connectivity index (χ3v) is 4.64. The van der Waals surface area contributed by atoms with E-state index in [4.69, 9.17) is 23.4 Å². The molecule has 0 unspecified atom stereocenters. The molecule has 7 heteroatoms. The van der Waals surface area contributed by atoms with Gasteiger partial charge in [0.2, 0.25) is 5.78 Å². The predicted octanol–water partition coefficient (Wildman–Crippen LogP) is 3.24. The first kappa shape index (κ1) is 17.0. The quantitative estimate of drug-likeness (QED) is 0.547. The van der Waals surface area contributed by atoms with Crippen molar-refractivity contribution in [3.8, 4) is 23.0 Å². The summed E-state index contributed by atoms with van der Waals surface area (Å²) in [6.07, 6.45) is 0. The van der Waals surface area contributed by atoms with Gasteiger partial charge in [-0.25, -0.2) is 0 Å². The summed E-state index contributed by atoms with van der Waals surface area (Å²) in [5.41, 5.74) is 1.02. The van der Waals surface area contributed by atoms with Crippen LogP contribution in [0.15, 0.2) is 28.7 Å². The highest BCUT2D eigenvalue weighted by Crippen LogP contribution is 2.42. The van der Waals surface area contributed by atoms with Gasteiger partial charge in [-0.15, -0.1) is 0 Å². The molecule has 0 saturated heterocycles. The molecule has 0 atom stereocenters. The van der Waals surface area contributed by atoms with Crippen LogP contribution in [0.2, 0.25) is 0 Å². The van der Waals surface area contributed by atoms with Crippen molar-refractivity contribution in [2.45, 2.75) is 0 Å². The molecule has 1 aliphatic rings. The van der Waals surface area contributed by atoms with E-state index in [-0.39, 0.29) is 28.2 Å². The number of hydrogen-bond donors (Lipinski definition) is 0. The van der Waals surface area contributed by atoms with Crippen molar-refractivity contribution in [3.63, 3.8) is 0 Å². The van der Waals surface area contributed by atoms with Gasteiger partial charge in [0.1, 0.15) is 5.58 Å². The number of furan rings is 1. The summed E-state index contributed by atoms with van der Waals surface area (Å²) in [6.45, 7) is 0. The second-order valence-electron chi connectivity index (χ2n) is 5.92. The fourth-order valence-electron chi connectivity index (χ4n) is 3.32. The zero-order valence-electron chi connectivity index (χ0n) is 15.2. The summed E-state index contributed by atoms with van der Waals surface area (Å²) in [5.74, 6) is 0.878. The van der Waals surface area contributed by atoms with E-state index in [1.54, 1.807) is 12.1 Å². The predicted molar refractivity (Wildman–Crippen MR) is 95.7 cm³/mol. The zero-order valence-corrected chi connectivity index (χ0v) is 15.2. The van der Waals surface area contributed by atoms with Crippen molar-refractivity contribution < 1.29 is 33.0 Å². The molecule has 0 aliphatic heterocycles. The molecule has 1 heterocycles. The van der Waals surface area contributed by atoms with Crippen molar-refractivity contribution in [2.24, 2.45) is 0 Å². The number of ether oxygens (including phenoxy) is 4. The molecule has 138 valence electrons. The van der Waals surface area contributed by atoms with E-state index in [2.05, 4.69) is 0 Å². The molecule has 1 aromatic heterocycles. The molecule has 0 radical (unpaired) electrons. The van der Waals surface area contributed by atoms with E-state index in [0.717, 1.165) is 0 Å². The minimum absolute atomic E-state index is 0.00924. The average molecular weight is 368 g/mol. The van der Waals surface area contributed by atoms with Crippen molar-refractivity contribution >= 4 is 22.5 Å². The minimum Gasteiger partial charge on any atom is -0.493 e. The minimum atomic E-state index is -0.394. The van der Waals surface area contributed by atoms with Crippen LogP contribution < -0.4 is 18.9 Å². The van der Waals surface area contributed by atoms with Crippen molar-refractivity contribution in [1.82, 2.24) is 0 Å². The van der Waals surface area contributed by atoms with Crippen LogP contribution in [0.25, 0.3) is 11.0 Å². The molecular formula is C20H16O7. The van der Waals surface area contributed by atoms with Gasteiger partial charge in [-0.05, 0) is 18.2 Å². The summed E-state index contributed by atoms with van der Waals surface area (Å²) < 4.78 is 26.8. The lowest BCUT2D eigenvalue weighted by atomic mass is 9.86. The molecule has 0 fully saturated rings. The van der Waals surface area contributed by atoms with Crippen LogP contribution >= 0.6 is 0 Å². The summed E-state index contributed by atoms with van der Waals surface area (Å²) in [7, 11) is 5.92. The van der Waals surface area contributed by atoms with Crippen LogP contribution in [-0.2, 0) is 0 Å². The monoisotopic (exact) mass is 368 g/mol. The fourth-order valence-corrected chi connectivity index (χ4v) is 3.32. The number of carbonyl (C=O) groups is 2. The number of hydrogen-bond acceptors (Lipinski definition) is 7. The van der Waals surface area contributed by atoms with Crippen molar-refractivity contribution in [2.75, 3.05) is 28.4 Å². The normalized spacial score (nSPS) is 12.6. The third kappa shape index (κ3) is 2.28. The van der Waals surface area contributed by atoms with Gasteiger partial charge in [-0.2, -0.15) is 0 Å². The van der Waals surface area contributed by atoms with Gasteiger partial charge in [0.25, 0.3) is 0 Å². The van der Waals surface area contributed by atoms with E-state index < -0.39 is 5.78 Å². The number of carbonyl (C=O) groups excluding carboxylic acids is 2. The van der Waals surface area contributed by atoms with E-state index >= 15 is 0 Å². The Kier molecular flexibility index (Phi) is 3.80. The molecule has 0 N–H and O–H groups in total. The van der Waals surface area contributed by atoms with Crippen LogP contribution in [0, 0.1) is 0 Å². The van der Waals surface area contributed by atoms with Crippen LogP contribution in [-0.4, -0.2) is 40.0 Å². The summed E-state index contributed by atoms with van der Waals surface area (Å²) in [4.78, 5) is 26.2. The van der Waals surface area contributed by atoms with Crippen LogP contribution in [0.5, 0.6) is 23.0 Å². The lowest BCUT2D eigenvalue weighted by molar-refractivity contribution is 0.0961. The summed E-state index contributed by atoms with van der Waals surface area (Å²) >= 11 is 0. The van der Waals surface area contributed by atoms with Gasteiger partial charge < -0.3 is 23.4 Å². The van der Waals surface area contributed by atoms with Gasteiger partial charge in [-0.3, -0.25) is 9.59 Å². The number of ketones is 2. The molecule has 0 bridgehead atoms. The maximum atomic E-state index is 13.2. The smallest absolute Gasteiger partial charge is 0.229 e. The molecule has 0 saturated carbocycles. The maximum Gasteiger partial charge on any atom is 0.229 e. The first-order chi connectivity index (χ1) is 13.0. The van der Waals surface area contributed by atoms with Gasteiger partial charge in [0.15, 0.2) is 34.5 Å². The van der Waals surface area contributed by atoms with E-state index in [9.17, 15) is 9.59 Å². The third-order valence-electron chi connectivity index (χ3n) is 4.64. The highest BCUT2D eigenvalue weighted by Gasteiger charge is 2.36. The lowest BCUT2D eigenvalue weighted by Crippen LogP contribution is -2.19. The molecule has 7 nitrogen and oxygen atoms in total. The van der Waals surface area contributed by atoms with E-state index in [1.165, 1.54) is 40.6 Å². The lowest BCUT2D eigenvalue weighted by Gasteiger charge is -2.16. The molecule has 4 rings (SSSR count). The first-order valence-corrected chi connectivity index (χ1v) is 8.08.